The quantitative estimate of drug-likeness (QED) is 0.774. The fraction of sp³-hybridized carbons (Fsp3) is 0.615. The van der Waals surface area contributed by atoms with E-state index in [2.05, 4.69) is 43.2 Å². The van der Waals surface area contributed by atoms with Crippen LogP contribution in [0.3, 0.4) is 0 Å². The second-order valence-corrected chi connectivity index (χ2v) is 4.41. The van der Waals surface area contributed by atoms with E-state index < -0.39 is 0 Å². The standard InChI is InChI=1S/C13H22N2/c1-4-14-13(9-11(2)3)10-12-7-5-6-8-15-12/h5-8,11,13-14H,4,9-10H2,1-3H3. The van der Waals surface area contributed by atoms with Crippen molar-refractivity contribution < 1.29 is 0 Å². The molecule has 2 nitrogen and oxygen atoms in total. The van der Waals surface area contributed by atoms with Crippen LogP contribution in [0.4, 0.5) is 0 Å². The SMILES string of the molecule is CCNC(Cc1ccccn1)CC(C)C. The number of pyridine rings is 1. The van der Waals surface area contributed by atoms with Crippen molar-refractivity contribution in [2.24, 2.45) is 5.92 Å². The van der Waals surface area contributed by atoms with Crippen LogP contribution in [0.5, 0.6) is 0 Å². The maximum Gasteiger partial charge on any atom is 0.0419 e. The van der Waals surface area contributed by atoms with Crippen LogP contribution >= 0.6 is 0 Å². The van der Waals surface area contributed by atoms with E-state index in [0.717, 1.165) is 18.9 Å². The lowest BCUT2D eigenvalue weighted by molar-refractivity contribution is 0.421. The van der Waals surface area contributed by atoms with E-state index in [4.69, 9.17) is 0 Å². The summed E-state index contributed by atoms with van der Waals surface area (Å²) in [5.41, 5.74) is 1.18. The molecular formula is C13H22N2. The minimum Gasteiger partial charge on any atom is -0.314 e. The Balaban J connectivity index is 2.50. The molecule has 1 N–H and O–H groups in total. The Hall–Kier alpha value is -0.890. The van der Waals surface area contributed by atoms with Gasteiger partial charge in [-0.2, -0.15) is 0 Å². The van der Waals surface area contributed by atoms with Crippen LogP contribution in [-0.2, 0) is 6.42 Å². The summed E-state index contributed by atoms with van der Waals surface area (Å²) in [7, 11) is 0. The van der Waals surface area contributed by atoms with Gasteiger partial charge in [-0.15, -0.1) is 0 Å². The molecule has 0 saturated heterocycles. The van der Waals surface area contributed by atoms with Gasteiger partial charge >= 0.3 is 0 Å². The van der Waals surface area contributed by atoms with Crippen molar-refractivity contribution in [3.05, 3.63) is 30.1 Å². The maximum absolute atomic E-state index is 4.37. The van der Waals surface area contributed by atoms with Gasteiger partial charge in [-0.25, -0.2) is 0 Å². The second-order valence-electron chi connectivity index (χ2n) is 4.41. The largest absolute Gasteiger partial charge is 0.314 e. The minimum atomic E-state index is 0.560. The fourth-order valence-electron chi connectivity index (χ4n) is 1.87. The van der Waals surface area contributed by atoms with Gasteiger partial charge < -0.3 is 5.32 Å². The highest BCUT2D eigenvalue weighted by molar-refractivity contribution is 5.05. The first-order valence-corrected chi connectivity index (χ1v) is 5.85. The molecule has 1 aromatic heterocycles. The average Bonchev–Trinajstić information content (AvgIpc) is 2.18. The molecule has 0 bridgehead atoms. The monoisotopic (exact) mass is 206 g/mol. The third kappa shape index (κ3) is 4.93. The first kappa shape index (κ1) is 12.2. The number of aromatic nitrogens is 1. The molecule has 1 atom stereocenters. The zero-order chi connectivity index (χ0) is 11.1. The molecule has 1 unspecified atom stereocenters. The summed E-state index contributed by atoms with van der Waals surface area (Å²) in [5.74, 6) is 0.734. The lowest BCUT2D eigenvalue weighted by Crippen LogP contribution is -2.32. The van der Waals surface area contributed by atoms with Crippen LogP contribution in [0, 0.1) is 5.92 Å². The Morgan fingerprint density at radius 1 is 1.33 bits per heavy atom. The fourth-order valence-corrected chi connectivity index (χ4v) is 1.87. The zero-order valence-corrected chi connectivity index (χ0v) is 10.0. The smallest absolute Gasteiger partial charge is 0.0419 e. The van der Waals surface area contributed by atoms with Gasteiger partial charge in [0.15, 0.2) is 0 Å². The Labute approximate surface area is 93.1 Å². The van der Waals surface area contributed by atoms with Gasteiger partial charge in [0, 0.05) is 24.4 Å². The van der Waals surface area contributed by atoms with Crippen molar-refractivity contribution in [1.29, 1.82) is 0 Å². The highest BCUT2D eigenvalue weighted by Crippen LogP contribution is 2.09. The molecular weight excluding hydrogens is 184 g/mol. The zero-order valence-electron chi connectivity index (χ0n) is 10.0. The van der Waals surface area contributed by atoms with Crippen LogP contribution in [-0.4, -0.2) is 17.6 Å². The summed E-state index contributed by atoms with van der Waals surface area (Å²) in [6, 6.07) is 6.68. The molecule has 0 amide bonds. The number of likely N-dealkylation sites (N-methyl/N-ethyl adjacent to an activating group) is 1. The topological polar surface area (TPSA) is 24.9 Å². The molecule has 0 aliphatic heterocycles. The number of hydrogen-bond acceptors (Lipinski definition) is 2. The molecule has 2 heteroatoms. The Bertz CT molecular complexity index is 256. The second kappa shape index (κ2) is 6.57. The van der Waals surface area contributed by atoms with Gasteiger partial charge in [0.05, 0.1) is 0 Å². The lowest BCUT2D eigenvalue weighted by Gasteiger charge is -2.19. The highest BCUT2D eigenvalue weighted by atomic mass is 14.9. The summed E-state index contributed by atoms with van der Waals surface area (Å²) in [6.07, 6.45) is 4.12. The van der Waals surface area contributed by atoms with Gasteiger partial charge in [0.25, 0.3) is 0 Å². The number of nitrogens with one attached hydrogen (secondary N) is 1. The third-order valence-electron chi connectivity index (χ3n) is 2.43. The van der Waals surface area contributed by atoms with Gasteiger partial charge in [-0.05, 0) is 31.0 Å². The van der Waals surface area contributed by atoms with E-state index >= 15 is 0 Å². The van der Waals surface area contributed by atoms with Crippen molar-refractivity contribution in [3.8, 4) is 0 Å². The third-order valence-corrected chi connectivity index (χ3v) is 2.43. The minimum absolute atomic E-state index is 0.560. The highest BCUT2D eigenvalue weighted by Gasteiger charge is 2.10. The number of nitrogens with zero attached hydrogens (tertiary/aromatic N) is 1. The molecule has 0 spiro atoms. The molecule has 0 aromatic carbocycles. The van der Waals surface area contributed by atoms with Crippen molar-refractivity contribution >= 4 is 0 Å². The van der Waals surface area contributed by atoms with Crippen LogP contribution in [0.15, 0.2) is 24.4 Å². The Kier molecular flexibility index (Phi) is 5.33. The first-order valence-electron chi connectivity index (χ1n) is 5.85. The summed E-state index contributed by atoms with van der Waals surface area (Å²) >= 11 is 0. The molecule has 1 aromatic rings. The van der Waals surface area contributed by atoms with E-state index in [1.165, 1.54) is 12.1 Å². The van der Waals surface area contributed by atoms with Crippen molar-refractivity contribution in [3.63, 3.8) is 0 Å². The van der Waals surface area contributed by atoms with Crippen molar-refractivity contribution in [2.75, 3.05) is 6.54 Å². The van der Waals surface area contributed by atoms with Crippen molar-refractivity contribution in [2.45, 2.75) is 39.7 Å². The first-order chi connectivity index (χ1) is 7.22. The van der Waals surface area contributed by atoms with Crippen LogP contribution < -0.4 is 5.32 Å². The predicted molar refractivity (Wildman–Crippen MR) is 64.9 cm³/mol. The summed E-state index contributed by atoms with van der Waals surface area (Å²) in [4.78, 5) is 4.37. The van der Waals surface area contributed by atoms with Gasteiger partial charge in [0.1, 0.15) is 0 Å². The van der Waals surface area contributed by atoms with Gasteiger partial charge in [-0.3, -0.25) is 4.98 Å². The van der Waals surface area contributed by atoms with Gasteiger partial charge in [-0.1, -0.05) is 26.8 Å². The summed E-state index contributed by atoms with van der Waals surface area (Å²) in [6.45, 7) is 7.72. The van der Waals surface area contributed by atoms with Crippen molar-refractivity contribution in [1.82, 2.24) is 10.3 Å². The molecule has 0 aliphatic carbocycles. The number of rotatable bonds is 6. The number of hydrogen-bond donors (Lipinski definition) is 1. The molecule has 1 heterocycles. The van der Waals surface area contributed by atoms with E-state index in [1.54, 1.807) is 0 Å². The van der Waals surface area contributed by atoms with E-state index in [0.29, 0.717) is 6.04 Å². The van der Waals surface area contributed by atoms with E-state index in [1.807, 2.05) is 12.3 Å². The predicted octanol–water partition coefficient (Wildman–Crippen LogP) is 2.65. The normalized spacial score (nSPS) is 13.1. The van der Waals surface area contributed by atoms with Gasteiger partial charge in [0.2, 0.25) is 0 Å². The van der Waals surface area contributed by atoms with Crippen LogP contribution in [0.1, 0.15) is 32.9 Å². The summed E-state index contributed by atoms with van der Waals surface area (Å²) in [5, 5.41) is 3.52. The lowest BCUT2D eigenvalue weighted by atomic mass is 9.99. The van der Waals surface area contributed by atoms with E-state index in [-0.39, 0.29) is 0 Å². The molecule has 1 rings (SSSR count). The molecule has 15 heavy (non-hydrogen) atoms. The molecule has 0 saturated carbocycles. The Morgan fingerprint density at radius 2 is 2.13 bits per heavy atom. The average molecular weight is 206 g/mol. The molecule has 0 aliphatic rings. The van der Waals surface area contributed by atoms with Crippen LogP contribution in [0.2, 0.25) is 0 Å². The maximum atomic E-state index is 4.37. The van der Waals surface area contributed by atoms with Crippen LogP contribution in [0.25, 0.3) is 0 Å². The molecule has 0 radical (unpaired) electrons. The molecule has 0 fully saturated rings. The summed E-state index contributed by atoms with van der Waals surface area (Å²) < 4.78 is 0. The molecule has 84 valence electrons. The van der Waals surface area contributed by atoms with E-state index in [9.17, 15) is 0 Å². The Morgan fingerprint density at radius 3 is 2.67 bits per heavy atom.